The summed E-state index contributed by atoms with van der Waals surface area (Å²) in [6.45, 7) is 0.476. The maximum atomic E-state index is 13.8. The van der Waals surface area contributed by atoms with Crippen molar-refractivity contribution in [3.05, 3.63) is 58.6 Å². The Hall–Kier alpha value is -1.32. The minimum atomic E-state index is -0.342. The van der Waals surface area contributed by atoms with Crippen LogP contribution in [0.5, 0.6) is 0 Å². The lowest BCUT2D eigenvalue weighted by Gasteiger charge is -2.08. The maximum Gasteiger partial charge on any atom is 0.146 e. The molecule has 1 atom stereocenters. The molecule has 0 bridgehead atoms. The molecule has 1 aliphatic rings. The van der Waals surface area contributed by atoms with Crippen LogP contribution in [0.15, 0.2) is 36.7 Å². The van der Waals surface area contributed by atoms with Crippen molar-refractivity contribution >= 4 is 11.6 Å². The number of hydrogen-bond acceptors (Lipinski definition) is 1. The van der Waals surface area contributed by atoms with Crippen LogP contribution in [0.25, 0.3) is 0 Å². The van der Waals surface area contributed by atoms with Gasteiger partial charge in [-0.1, -0.05) is 23.7 Å². The lowest BCUT2D eigenvalue weighted by Crippen LogP contribution is -2.11. The third-order valence-corrected chi connectivity index (χ3v) is 3.96. The van der Waals surface area contributed by atoms with Crippen molar-refractivity contribution in [3.63, 3.8) is 0 Å². The van der Waals surface area contributed by atoms with Gasteiger partial charge in [0.1, 0.15) is 5.82 Å². The number of halogens is 2. The highest BCUT2D eigenvalue weighted by atomic mass is 35.5. The first kappa shape index (κ1) is 12.7. The topological polar surface area (TPSA) is 30.9 Å². The van der Waals surface area contributed by atoms with Crippen LogP contribution < -0.4 is 5.73 Å². The summed E-state index contributed by atoms with van der Waals surface area (Å²) in [6, 6.07) is 7.21. The van der Waals surface area contributed by atoms with Crippen LogP contribution in [-0.4, -0.2) is 4.57 Å². The van der Waals surface area contributed by atoms with Gasteiger partial charge >= 0.3 is 0 Å². The second-order valence-electron chi connectivity index (χ2n) is 5.19. The Labute approximate surface area is 117 Å². The lowest BCUT2D eigenvalue weighted by atomic mass is 10.1. The van der Waals surface area contributed by atoms with Gasteiger partial charge in [-0.3, -0.25) is 0 Å². The Morgan fingerprint density at radius 1 is 1.37 bits per heavy atom. The largest absolute Gasteiger partial charge is 0.349 e. The molecular formula is C15H16ClFN2. The average Bonchev–Trinajstić information content (AvgIpc) is 3.14. The molecular weight excluding hydrogens is 263 g/mol. The molecule has 2 N–H and O–H groups in total. The second-order valence-corrected chi connectivity index (χ2v) is 5.60. The van der Waals surface area contributed by atoms with Gasteiger partial charge in [0.05, 0.1) is 5.02 Å². The minimum absolute atomic E-state index is 0.116. The summed E-state index contributed by atoms with van der Waals surface area (Å²) in [6.07, 6.45) is 6.38. The first-order chi connectivity index (χ1) is 9.15. The second kappa shape index (κ2) is 4.99. The normalized spacial score (nSPS) is 16.6. The van der Waals surface area contributed by atoms with Gasteiger partial charge in [-0.2, -0.15) is 0 Å². The quantitative estimate of drug-likeness (QED) is 0.907. The van der Waals surface area contributed by atoms with Crippen molar-refractivity contribution in [1.82, 2.24) is 4.57 Å². The van der Waals surface area contributed by atoms with Crippen molar-refractivity contribution in [2.45, 2.75) is 25.4 Å². The van der Waals surface area contributed by atoms with Crippen molar-refractivity contribution in [2.24, 2.45) is 11.7 Å². The van der Waals surface area contributed by atoms with Gasteiger partial charge in [0.25, 0.3) is 0 Å². The van der Waals surface area contributed by atoms with Crippen LogP contribution in [0.4, 0.5) is 4.39 Å². The van der Waals surface area contributed by atoms with E-state index in [2.05, 4.69) is 0 Å². The Morgan fingerprint density at radius 2 is 2.16 bits per heavy atom. The summed E-state index contributed by atoms with van der Waals surface area (Å²) in [5.41, 5.74) is 7.87. The molecule has 0 aliphatic heterocycles. The van der Waals surface area contributed by atoms with Crippen molar-refractivity contribution < 1.29 is 4.39 Å². The summed E-state index contributed by atoms with van der Waals surface area (Å²) in [7, 11) is 0. The van der Waals surface area contributed by atoms with E-state index >= 15 is 0 Å². The zero-order valence-corrected chi connectivity index (χ0v) is 11.3. The molecule has 2 aromatic rings. The van der Waals surface area contributed by atoms with Crippen LogP contribution in [-0.2, 0) is 6.54 Å². The molecule has 1 aliphatic carbocycles. The van der Waals surface area contributed by atoms with E-state index in [1.165, 1.54) is 12.8 Å². The van der Waals surface area contributed by atoms with Crippen molar-refractivity contribution in [2.75, 3.05) is 0 Å². The fourth-order valence-electron chi connectivity index (χ4n) is 2.35. The molecule has 0 saturated heterocycles. The predicted octanol–water partition coefficient (Wildman–Crippen LogP) is 3.74. The summed E-state index contributed by atoms with van der Waals surface area (Å²) in [4.78, 5) is 0. The molecule has 2 nitrogen and oxygen atoms in total. The molecule has 0 amide bonds. The van der Waals surface area contributed by atoms with E-state index in [-0.39, 0.29) is 16.9 Å². The van der Waals surface area contributed by atoms with Crippen molar-refractivity contribution in [3.8, 4) is 0 Å². The van der Waals surface area contributed by atoms with Crippen molar-refractivity contribution in [1.29, 1.82) is 0 Å². The van der Waals surface area contributed by atoms with Crippen LogP contribution in [0.3, 0.4) is 0 Å². The first-order valence-corrected chi connectivity index (χ1v) is 6.87. The third-order valence-electron chi connectivity index (χ3n) is 3.67. The van der Waals surface area contributed by atoms with Gasteiger partial charge in [-0.05, 0) is 36.5 Å². The molecule has 19 heavy (non-hydrogen) atoms. The fourth-order valence-corrected chi connectivity index (χ4v) is 2.54. The van der Waals surface area contributed by atoms with Crippen LogP contribution >= 0.6 is 11.6 Å². The van der Waals surface area contributed by atoms with Crippen LogP contribution in [0, 0.1) is 11.7 Å². The number of hydrogen-bond donors (Lipinski definition) is 1. The third kappa shape index (κ3) is 2.67. The average molecular weight is 279 g/mol. The fraction of sp³-hybridized carbons (Fsp3) is 0.333. The smallest absolute Gasteiger partial charge is 0.146 e. The first-order valence-electron chi connectivity index (χ1n) is 6.49. The molecule has 1 aromatic carbocycles. The standard InChI is InChI=1S/C15H16ClFN2/c16-13-3-1-2-11(14(13)17)8-19-7-6-12(9-19)15(18)10-4-5-10/h1-3,6-7,9-10,15H,4-5,8,18H2. The van der Waals surface area contributed by atoms with E-state index in [4.69, 9.17) is 17.3 Å². The summed E-state index contributed by atoms with van der Waals surface area (Å²) in [5, 5.41) is 0.166. The molecule has 0 spiro atoms. The van der Waals surface area contributed by atoms with E-state index in [1.807, 2.05) is 23.0 Å². The maximum absolute atomic E-state index is 13.8. The molecule has 1 heterocycles. The Balaban J connectivity index is 1.78. The Kier molecular flexibility index (Phi) is 3.33. The molecule has 4 heteroatoms. The number of rotatable bonds is 4. The minimum Gasteiger partial charge on any atom is -0.349 e. The van der Waals surface area contributed by atoms with E-state index in [0.29, 0.717) is 18.0 Å². The molecule has 100 valence electrons. The van der Waals surface area contributed by atoms with E-state index < -0.39 is 0 Å². The molecule has 1 aromatic heterocycles. The van der Waals surface area contributed by atoms with Gasteiger partial charge < -0.3 is 10.3 Å². The number of nitrogens with two attached hydrogens (primary N) is 1. The van der Waals surface area contributed by atoms with Gasteiger partial charge in [-0.15, -0.1) is 0 Å². The monoisotopic (exact) mass is 278 g/mol. The van der Waals surface area contributed by atoms with Gasteiger partial charge in [-0.25, -0.2) is 4.39 Å². The van der Waals surface area contributed by atoms with Gasteiger partial charge in [0.15, 0.2) is 0 Å². The molecule has 3 rings (SSSR count). The van der Waals surface area contributed by atoms with E-state index in [1.54, 1.807) is 18.2 Å². The summed E-state index contributed by atoms with van der Waals surface area (Å²) < 4.78 is 15.8. The summed E-state index contributed by atoms with van der Waals surface area (Å²) in [5.74, 6) is 0.282. The SMILES string of the molecule is NC(c1ccn(Cc2cccc(Cl)c2F)c1)C1CC1. The van der Waals surface area contributed by atoms with Crippen LogP contribution in [0.1, 0.15) is 30.0 Å². The molecule has 0 radical (unpaired) electrons. The predicted molar refractivity (Wildman–Crippen MR) is 74.6 cm³/mol. The number of nitrogens with zero attached hydrogens (tertiary/aromatic N) is 1. The highest BCUT2D eigenvalue weighted by Gasteiger charge is 2.29. The highest BCUT2D eigenvalue weighted by molar-refractivity contribution is 6.30. The molecule has 1 fully saturated rings. The Morgan fingerprint density at radius 3 is 2.89 bits per heavy atom. The molecule has 1 unspecified atom stereocenters. The zero-order valence-electron chi connectivity index (χ0n) is 10.5. The number of aromatic nitrogens is 1. The molecule has 1 saturated carbocycles. The number of benzene rings is 1. The Bertz CT molecular complexity index is 590. The highest BCUT2D eigenvalue weighted by Crippen LogP contribution is 2.39. The lowest BCUT2D eigenvalue weighted by molar-refractivity contribution is 0.598. The van der Waals surface area contributed by atoms with E-state index in [0.717, 1.165) is 5.56 Å². The zero-order chi connectivity index (χ0) is 13.4. The van der Waals surface area contributed by atoms with Gasteiger partial charge in [0, 0.05) is 30.5 Å². The summed E-state index contributed by atoms with van der Waals surface area (Å²) >= 11 is 5.78. The van der Waals surface area contributed by atoms with Gasteiger partial charge in [0.2, 0.25) is 0 Å². The van der Waals surface area contributed by atoms with Crippen LogP contribution in [0.2, 0.25) is 5.02 Å². The van der Waals surface area contributed by atoms with E-state index in [9.17, 15) is 4.39 Å².